The number of aryl methyl sites for hydroxylation is 6. The second kappa shape index (κ2) is 23.0. The number of hydrogen-bond acceptors (Lipinski definition) is 10. The van der Waals surface area contributed by atoms with Crippen LogP contribution < -0.4 is 28.3 Å². The summed E-state index contributed by atoms with van der Waals surface area (Å²) < 4.78 is 22.3. The molecule has 0 saturated heterocycles. The zero-order valence-electron chi connectivity index (χ0n) is 39.0. The van der Waals surface area contributed by atoms with Crippen LogP contribution in [0.4, 0.5) is 0 Å². The monoisotopic (exact) mass is 914 g/mol. The van der Waals surface area contributed by atoms with Gasteiger partial charge in [0.05, 0.1) is 54.4 Å². The number of unbranched alkanes of at least 4 members (excludes halogenated alkanes) is 1. The molecule has 0 N–H and O–H groups in total. The van der Waals surface area contributed by atoms with E-state index < -0.39 is 0 Å². The van der Waals surface area contributed by atoms with Crippen molar-refractivity contribution in [1.82, 2.24) is 67.9 Å². The van der Waals surface area contributed by atoms with E-state index in [1.807, 2.05) is 135 Å². The van der Waals surface area contributed by atoms with Gasteiger partial charge in [-0.25, -0.2) is 38.3 Å². The molecule has 18 heteroatoms. The number of ether oxygens (including phenoxy) is 2. The maximum absolute atomic E-state index is 6.32. The number of nitrogens with zero attached hydrogens (tertiary/aromatic N) is 14. The Hall–Kier alpha value is -6.99. The van der Waals surface area contributed by atoms with Gasteiger partial charge in [-0.2, -0.15) is 26.8 Å². The van der Waals surface area contributed by atoms with Crippen LogP contribution in [-0.2, 0) is 14.1 Å². The number of hydrogen-bond donors (Lipinski definition) is 0. The van der Waals surface area contributed by atoms with Crippen LogP contribution in [0.25, 0.3) is 56.4 Å². The zero-order chi connectivity index (χ0) is 46.2. The average Bonchev–Trinajstić information content (AvgIpc) is 4.18. The minimum Gasteiger partial charge on any atom is -0.496 e. The van der Waals surface area contributed by atoms with Gasteiger partial charge in [-0.1, -0.05) is 32.4 Å². The van der Waals surface area contributed by atoms with Crippen molar-refractivity contribution < 1.29 is 28.3 Å². The first kappa shape index (κ1) is 51.0. The van der Waals surface area contributed by atoms with Crippen LogP contribution in [0.2, 0.25) is 5.15 Å². The molecule has 0 saturated carbocycles. The maximum atomic E-state index is 6.32. The Kier molecular flexibility index (Phi) is 17.5. The summed E-state index contributed by atoms with van der Waals surface area (Å²) in [5, 5.41) is 18.4. The normalized spacial score (nSPS) is 10.5. The van der Waals surface area contributed by atoms with E-state index in [4.69, 9.17) is 31.2 Å². The number of methoxy groups -OCH3 is 2. The molecule has 0 aliphatic rings. The fourth-order valence-electron chi connectivity index (χ4n) is 7.07. The SMILES string of the molecule is C.COc1cc(-n2cccn2)ccc1-c1c(C)nn2c(-c3nccn3C)cc(C)nc12.COc1cc(-n2cccn2)ccc1-c1c(C)nn2c(Cl)cc(C)nc12.Cn1ccnc1.[CH2-]CCC.[Li+]. The van der Waals surface area contributed by atoms with Gasteiger partial charge in [0, 0.05) is 98.3 Å². The first-order valence-electron chi connectivity index (χ1n) is 20.9. The predicted octanol–water partition coefficient (Wildman–Crippen LogP) is 7.15. The molecule has 0 radical (unpaired) electrons. The molecule has 0 amide bonds. The number of aromatic nitrogens is 14. The third kappa shape index (κ3) is 11.2. The standard InChI is InChI=1S/C22H21N7O.C18H16ClN5O.C4H6N2.C4H9.CH4.Li/c1-14-12-18(21-23-9-11-27(21)3)29-22(25-14)20(15(2)26-29)17-7-6-16(13-19(17)30-4)28-10-5-8-24-28;1-11-9-16(19)24-18(21-11)17(12(2)22-24)14-6-5-13(10-15(14)25-3)23-8-4-7-20-23;1-6-3-2-5-4-6;1-3-4-2;;/h5-13H,1-4H3;4-10H,1-3H3;2-4H,1H3;1,3-4H2,2H3;1H4;/q;;;-1;;+1. The van der Waals surface area contributed by atoms with Gasteiger partial charge in [0.25, 0.3) is 0 Å². The summed E-state index contributed by atoms with van der Waals surface area (Å²) in [6.07, 6.45) is 18.7. The second-order valence-corrected chi connectivity index (χ2v) is 15.4. The van der Waals surface area contributed by atoms with E-state index in [2.05, 4.69) is 44.1 Å². The largest absolute Gasteiger partial charge is 1.00 e. The van der Waals surface area contributed by atoms with Crippen molar-refractivity contribution in [1.29, 1.82) is 0 Å². The maximum Gasteiger partial charge on any atom is 1.00 e. The number of imidazole rings is 2. The van der Waals surface area contributed by atoms with E-state index in [0.717, 1.165) is 91.5 Å². The molecule has 0 aliphatic carbocycles. The first-order chi connectivity index (χ1) is 31.5. The first-order valence-corrected chi connectivity index (χ1v) is 21.3. The fraction of sp³-hybridized carbons (Fsp3) is 0.245. The van der Waals surface area contributed by atoms with Crippen LogP contribution in [-0.4, -0.2) is 82.1 Å². The van der Waals surface area contributed by atoms with Gasteiger partial charge >= 0.3 is 18.9 Å². The van der Waals surface area contributed by atoms with Crippen LogP contribution in [0, 0.1) is 34.6 Å². The molecule has 16 nitrogen and oxygen atoms in total. The van der Waals surface area contributed by atoms with Crippen molar-refractivity contribution in [3.8, 4) is 56.6 Å². The number of halogens is 1. The van der Waals surface area contributed by atoms with E-state index in [0.29, 0.717) is 10.8 Å². The molecule has 67 heavy (non-hydrogen) atoms. The van der Waals surface area contributed by atoms with Gasteiger partial charge in [0.15, 0.2) is 17.1 Å². The topological polar surface area (TPSA) is 150 Å². The second-order valence-electron chi connectivity index (χ2n) is 15.0. The van der Waals surface area contributed by atoms with E-state index in [1.165, 1.54) is 6.42 Å². The molecule has 0 atom stereocenters. The van der Waals surface area contributed by atoms with Gasteiger partial charge in [-0.15, -0.1) is 0 Å². The zero-order valence-corrected chi connectivity index (χ0v) is 39.8. The Morgan fingerprint density at radius 1 is 0.672 bits per heavy atom. The van der Waals surface area contributed by atoms with E-state index in [9.17, 15) is 0 Å². The van der Waals surface area contributed by atoms with Crippen LogP contribution in [0.5, 0.6) is 11.5 Å². The van der Waals surface area contributed by atoms with Gasteiger partial charge in [-0.05, 0) is 76.2 Å². The number of rotatable bonds is 8. The number of benzene rings is 2. The van der Waals surface area contributed by atoms with Crippen LogP contribution in [0.3, 0.4) is 0 Å². The van der Waals surface area contributed by atoms with Gasteiger partial charge in [0.1, 0.15) is 22.3 Å². The van der Waals surface area contributed by atoms with Crippen molar-refractivity contribution in [2.45, 2.75) is 54.9 Å². The van der Waals surface area contributed by atoms with E-state index in [1.54, 1.807) is 65.3 Å². The van der Waals surface area contributed by atoms with Gasteiger partial charge in [-0.3, -0.25) is 0 Å². The van der Waals surface area contributed by atoms with E-state index in [-0.39, 0.29) is 26.3 Å². The van der Waals surface area contributed by atoms with E-state index >= 15 is 0 Å². The molecule has 0 bridgehead atoms. The summed E-state index contributed by atoms with van der Waals surface area (Å²) >= 11 is 6.32. The minimum absolute atomic E-state index is 0. The molecule has 0 spiro atoms. The smallest absolute Gasteiger partial charge is 0.496 e. The summed E-state index contributed by atoms with van der Waals surface area (Å²) in [6.45, 7) is 13.5. The molecule has 8 heterocycles. The molecule has 0 fully saturated rings. The van der Waals surface area contributed by atoms with Crippen molar-refractivity contribution in [2.75, 3.05) is 14.2 Å². The minimum atomic E-state index is 0. The van der Waals surface area contributed by atoms with Crippen LogP contribution >= 0.6 is 11.6 Å². The predicted molar refractivity (Wildman–Crippen MR) is 261 cm³/mol. The number of fused-ring (bicyclic) bond motifs is 2. The third-order valence-corrected chi connectivity index (χ3v) is 10.5. The quantitative estimate of drug-likeness (QED) is 0.0874. The fourth-order valence-corrected chi connectivity index (χ4v) is 7.35. The molecule has 2 aromatic carbocycles. The van der Waals surface area contributed by atoms with Crippen LogP contribution in [0.15, 0.2) is 117 Å². The summed E-state index contributed by atoms with van der Waals surface area (Å²) in [7, 11) is 7.23. The van der Waals surface area contributed by atoms with Gasteiger partial charge in [0.2, 0.25) is 0 Å². The Bertz CT molecular complexity index is 3130. The molecule has 8 aromatic heterocycles. The van der Waals surface area contributed by atoms with Crippen LogP contribution in [0.1, 0.15) is 50.0 Å². The summed E-state index contributed by atoms with van der Waals surface area (Å²) in [6, 6.07) is 19.5. The van der Waals surface area contributed by atoms with Crippen molar-refractivity contribution >= 4 is 22.9 Å². The molecule has 0 unspecified atom stereocenters. The molecular weight excluding hydrogens is 859 g/mol. The van der Waals surface area contributed by atoms with Crippen molar-refractivity contribution in [3.05, 3.63) is 151 Å². The molecule has 0 aliphatic heterocycles. The summed E-state index contributed by atoms with van der Waals surface area (Å²) in [5.41, 5.74) is 11.4. The van der Waals surface area contributed by atoms with Crippen molar-refractivity contribution in [2.24, 2.45) is 14.1 Å². The molecule has 10 aromatic rings. The molecule has 10 rings (SSSR count). The Morgan fingerprint density at radius 3 is 1.61 bits per heavy atom. The molecule has 342 valence electrons. The average molecular weight is 915 g/mol. The summed E-state index contributed by atoms with van der Waals surface area (Å²) in [4.78, 5) is 17.7. The molecular formula is C49H56ClLiN14O2. The summed E-state index contributed by atoms with van der Waals surface area (Å²) in [5.74, 6) is 2.30. The Balaban J connectivity index is 0.000000205. The Labute approximate surface area is 408 Å². The third-order valence-electron chi connectivity index (χ3n) is 10.2. The van der Waals surface area contributed by atoms with Gasteiger partial charge < -0.3 is 25.5 Å². The Morgan fingerprint density at radius 2 is 1.19 bits per heavy atom. The van der Waals surface area contributed by atoms with Crippen molar-refractivity contribution in [3.63, 3.8) is 0 Å².